The SMILES string of the molecule is O=C(NCCNc1ccc(Nc2ccccn2)nn1)c1ccc2noc(-c3ccccc3)c2c1. The summed E-state index contributed by atoms with van der Waals surface area (Å²) in [5.74, 6) is 2.37. The van der Waals surface area contributed by atoms with Crippen LogP contribution >= 0.6 is 0 Å². The molecule has 2 aromatic carbocycles. The van der Waals surface area contributed by atoms with Gasteiger partial charge in [-0.15, -0.1) is 10.2 Å². The molecule has 0 saturated carbocycles. The van der Waals surface area contributed by atoms with Crippen LogP contribution in [-0.4, -0.2) is 39.3 Å². The number of amides is 1. The summed E-state index contributed by atoms with van der Waals surface area (Å²) in [4.78, 5) is 16.8. The van der Waals surface area contributed by atoms with Gasteiger partial charge in [0, 0.05) is 30.4 Å². The standard InChI is InChI=1S/C25H21N7O2/c33-25(18-9-10-20-19(16-18)24(34-32-20)17-6-2-1-3-7-17)28-15-14-27-22-11-12-23(31-30-22)29-21-8-4-5-13-26-21/h1-13,16H,14-15H2,(H,27,30)(H,28,33)(H,26,29,31). The second-order valence-corrected chi connectivity index (χ2v) is 7.44. The number of hydrogen-bond acceptors (Lipinski definition) is 8. The number of pyridine rings is 1. The Labute approximate surface area is 195 Å². The molecule has 168 valence electrons. The smallest absolute Gasteiger partial charge is 0.251 e. The van der Waals surface area contributed by atoms with Gasteiger partial charge < -0.3 is 20.5 Å². The van der Waals surface area contributed by atoms with Crippen molar-refractivity contribution in [2.24, 2.45) is 0 Å². The van der Waals surface area contributed by atoms with E-state index in [1.165, 1.54) is 0 Å². The number of carbonyl (C=O) groups is 1. The van der Waals surface area contributed by atoms with Gasteiger partial charge in [-0.2, -0.15) is 0 Å². The summed E-state index contributed by atoms with van der Waals surface area (Å²) < 4.78 is 5.51. The highest BCUT2D eigenvalue weighted by molar-refractivity contribution is 6.01. The predicted molar refractivity (Wildman–Crippen MR) is 130 cm³/mol. The molecule has 9 nitrogen and oxygen atoms in total. The van der Waals surface area contributed by atoms with Crippen LogP contribution in [0.2, 0.25) is 0 Å². The predicted octanol–water partition coefficient (Wildman–Crippen LogP) is 4.27. The molecule has 9 heteroatoms. The molecule has 0 atom stereocenters. The molecule has 0 bridgehead atoms. The van der Waals surface area contributed by atoms with Gasteiger partial charge in [0.2, 0.25) is 0 Å². The minimum absolute atomic E-state index is 0.176. The monoisotopic (exact) mass is 451 g/mol. The summed E-state index contributed by atoms with van der Waals surface area (Å²) in [5.41, 5.74) is 2.16. The van der Waals surface area contributed by atoms with Gasteiger partial charge in [0.15, 0.2) is 11.6 Å². The van der Waals surface area contributed by atoms with Crippen LogP contribution in [0.3, 0.4) is 0 Å². The second kappa shape index (κ2) is 9.78. The summed E-state index contributed by atoms with van der Waals surface area (Å²) >= 11 is 0. The fraction of sp³-hybridized carbons (Fsp3) is 0.0800. The van der Waals surface area contributed by atoms with Gasteiger partial charge in [-0.05, 0) is 42.5 Å². The molecule has 0 aliphatic heterocycles. The fourth-order valence-corrected chi connectivity index (χ4v) is 3.41. The zero-order valence-corrected chi connectivity index (χ0v) is 18.1. The highest BCUT2D eigenvalue weighted by atomic mass is 16.5. The Kier molecular flexibility index (Phi) is 6.06. The van der Waals surface area contributed by atoms with Crippen LogP contribution in [0.1, 0.15) is 10.4 Å². The molecule has 3 aromatic heterocycles. The van der Waals surface area contributed by atoms with Gasteiger partial charge >= 0.3 is 0 Å². The molecule has 5 rings (SSSR count). The van der Waals surface area contributed by atoms with E-state index in [0.29, 0.717) is 47.4 Å². The van der Waals surface area contributed by atoms with Crippen molar-refractivity contribution in [3.8, 4) is 11.3 Å². The van der Waals surface area contributed by atoms with E-state index < -0.39 is 0 Å². The molecule has 34 heavy (non-hydrogen) atoms. The van der Waals surface area contributed by atoms with Crippen molar-refractivity contribution in [1.29, 1.82) is 0 Å². The maximum atomic E-state index is 12.7. The van der Waals surface area contributed by atoms with Crippen LogP contribution in [-0.2, 0) is 0 Å². The molecule has 0 radical (unpaired) electrons. The minimum Gasteiger partial charge on any atom is -0.367 e. The zero-order chi connectivity index (χ0) is 23.2. The van der Waals surface area contributed by atoms with Gasteiger partial charge in [-0.25, -0.2) is 4.98 Å². The Morgan fingerprint density at radius 3 is 2.44 bits per heavy atom. The number of benzene rings is 2. The lowest BCUT2D eigenvalue weighted by molar-refractivity contribution is 0.0955. The number of anilines is 3. The molecule has 3 N–H and O–H groups in total. The Morgan fingerprint density at radius 1 is 0.824 bits per heavy atom. The van der Waals surface area contributed by atoms with Crippen LogP contribution in [0.5, 0.6) is 0 Å². The third-order valence-corrected chi connectivity index (χ3v) is 5.08. The van der Waals surface area contributed by atoms with Crippen molar-refractivity contribution in [2.75, 3.05) is 23.7 Å². The lowest BCUT2D eigenvalue weighted by Crippen LogP contribution is -2.28. The Morgan fingerprint density at radius 2 is 1.65 bits per heavy atom. The molecule has 0 spiro atoms. The average Bonchev–Trinajstić information content (AvgIpc) is 3.32. The lowest BCUT2D eigenvalue weighted by Gasteiger charge is -2.08. The molecule has 0 aliphatic carbocycles. The number of carbonyl (C=O) groups excluding carboxylic acids is 1. The summed E-state index contributed by atoms with van der Waals surface area (Å²) in [6, 6.07) is 24.2. The van der Waals surface area contributed by atoms with Crippen LogP contribution in [0.4, 0.5) is 17.5 Å². The first-order chi connectivity index (χ1) is 16.8. The van der Waals surface area contributed by atoms with Crippen LogP contribution in [0, 0.1) is 0 Å². The van der Waals surface area contributed by atoms with Crippen molar-refractivity contribution >= 4 is 34.3 Å². The number of aromatic nitrogens is 4. The summed E-state index contributed by atoms with van der Waals surface area (Å²) in [7, 11) is 0. The molecule has 5 aromatic rings. The topological polar surface area (TPSA) is 118 Å². The molecule has 0 unspecified atom stereocenters. The first kappa shape index (κ1) is 21.1. The summed E-state index contributed by atoms with van der Waals surface area (Å²) in [6.45, 7) is 0.917. The van der Waals surface area contributed by atoms with Crippen molar-refractivity contribution in [2.45, 2.75) is 0 Å². The van der Waals surface area contributed by atoms with Crippen LogP contribution < -0.4 is 16.0 Å². The van der Waals surface area contributed by atoms with Crippen molar-refractivity contribution in [3.63, 3.8) is 0 Å². The summed E-state index contributed by atoms with van der Waals surface area (Å²) in [5, 5.41) is 22.3. The van der Waals surface area contributed by atoms with E-state index in [0.717, 1.165) is 10.9 Å². The Bertz CT molecular complexity index is 1390. The Hall–Kier alpha value is -4.79. The van der Waals surface area contributed by atoms with Gasteiger partial charge in [0.05, 0.1) is 5.39 Å². The molecule has 0 saturated heterocycles. The Balaban J connectivity index is 1.15. The molecule has 0 aliphatic rings. The van der Waals surface area contributed by atoms with Crippen molar-refractivity contribution < 1.29 is 9.32 Å². The fourth-order valence-electron chi connectivity index (χ4n) is 3.41. The van der Waals surface area contributed by atoms with Gasteiger partial charge in [0.25, 0.3) is 5.91 Å². The van der Waals surface area contributed by atoms with Gasteiger partial charge in [-0.3, -0.25) is 4.79 Å². The number of nitrogens with one attached hydrogen (secondary N) is 3. The van der Waals surface area contributed by atoms with E-state index in [4.69, 9.17) is 4.52 Å². The highest BCUT2D eigenvalue weighted by Gasteiger charge is 2.13. The van der Waals surface area contributed by atoms with Crippen LogP contribution in [0.25, 0.3) is 22.2 Å². The minimum atomic E-state index is -0.176. The zero-order valence-electron chi connectivity index (χ0n) is 18.1. The lowest BCUT2D eigenvalue weighted by atomic mass is 10.1. The second-order valence-electron chi connectivity index (χ2n) is 7.44. The maximum absolute atomic E-state index is 12.7. The third-order valence-electron chi connectivity index (χ3n) is 5.08. The molecule has 3 heterocycles. The third kappa shape index (κ3) is 4.83. The average molecular weight is 451 g/mol. The maximum Gasteiger partial charge on any atom is 0.251 e. The van der Waals surface area contributed by atoms with Gasteiger partial charge in [0.1, 0.15) is 17.2 Å². The largest absolute Gasteiger partial charge is 0.367 e. The number of nitrogens with zero attached hydrogens (tertiary/aromatic N) is 4. The highest BCUT2D eigenvalue weighted by Crippen LogP contribution is 2.29. The quantitative estimate of drug-likeness (QED) is 0.300. The normalized spacial score (nSPS) is 10.7. The van der Waals surface area contributed by atoms with E-state index in [2.05, 4.69) is 36.3 Å². The molecular weight excluding hydrogens is 430 g/mol. The number of rotatable bonds is 8. The van der Waals surface area contributed by atoms with E-state index in [-0.39, 0.29) is 5.91 Å². The van der Waals surface area contributed by atoms with Crippen molar-refractivity contribution in [1.82, 2.24) is 25.7 Å². The van der Waals surface area contributed by atoms with E-state index in [1.807, 2.05) is 54.6 Å². The number of hydrogen-bond donors (Lipinski definition) is 3. The molecule has 1 amide bonds. The van der Waals surface area contributed by atoms with E-state index >= 15 is 0 Å². The first-order valence-electron chi connectivity index (χ1n) is 10.7. The first-order valence-corrected chi connectivity index (χ1v) is 10.7. The molecular formula is C25H21N7O2. The number of fused-ring (bicyclic) bond motifs is 1. The van der Waals surface area contributed by atoms with Crippen molar-refractivity contribution in [3.05, 3.63) is 90.6 Å². The van der Waals surface area contributed by atoms with Gasteiger partial charge in [-0.1, -0.05) is 41.6 Å². The van der Waals surface area contributed by atoms with Crippen LogP contribution in [0.15, 0.2) is 89.6 Å². The van der Waals surface area contributed by atoms with E-state index in [1.54, 1.807) is 30.5 Å². The van der Waals surface area contributed by atoms with E-state index in [9.17, 15) is 4.79 Å². The summed E-state index contributed by atoms with van der Waals surface area (Å²) in [6.07, 6.45) is 1.70. The molecule has 0 fully saturated rings.